The summed E-state index contributed by atoms with van der Waals surface area (Å²) in [7, 11) is 0. The number of fused-ring (bicyclic) bond motifs is 5. The molecule has 3 fully saturated rings. The summed E-state index contributed by atoms with van der Waals surface area (Å²) in [5.74, 6) is -0.894. The van der Waals surface area contributed by atoms with Gasteiger partial charge in [-0.1, -0.05) is 13.8 Å². The van der Waals surface area contributed by atoms with Crippen LogP contribution in [0.25, 0.3) is 0 Å². The van der Waals surface area contributed by atoms with Crippen LogP contribution in [-0.4, -0.2) is 72.0 Å². The molecule has 194 valence electrons. The molecule has 0 heterocycles. The molecule has 0 aromatic rings. The number of hydrogen-bond donors (Lipinski definition) is 6. The quantitative estimate of drug-likeness (QED) is 0.341. The standard InChI is InChI=1S/C27H44O7/c1-23(2,32)8-5-9-26(33,15-28)22-7-11-27(34)17-12-19(29)18-13-20(30)21(31)14-24(18,3)16(17)6-10-25(22,27)4/h12,16,18,20-22,28,30-34H,5-11,13-15H2,1-4H3/t16-,18-,20+,21-,22-,24+,25+,26+,27+/m0/s1. The highest BCUT2D eigenvalue weighted by Gasteiger charge is 2.68. The van der Waals surface area contributed by atoms with Crippen LogP contribution in [-0.2, 0) is 4.79 Å². The average Bonchev–Trinajstić information content (AvgIpc) is 3.01. The molecule has 9 atom stereocenters. The van der Waals surface area contributed by atoms with Crippen molar-refractivity contribution in [3.8, 4) is 0 Å². The van der Waals surface area contributed by atoms with Crippen LogP contribution < -0.4 is 0 Å². The zero-order chi connectivity index (χ0) is 25.3. The molecule has 0 amide bonds. The van der Waals surface area contributed by atoms with Gasteiger partial charge in [0.2, 0.25) is 0 Å². The molecule has 34 heavy (non-hydrogen) atoms. The monoisotopic (exact) mass is 480 g/mol. The first-order valence-electron chi connectivity index (χ1n) is 13.0. The van der Waals surface area contributed by atoms with Crippen molar-refractivity contribution in [3.05, 3.63) is 11.6 Å². The van der Waals surface area contributed by atoms with Crippen LogP contribution in [0.15, 0.2) is 11.6 Å². The Balaban J connectivity index is 1.66. The van der Waals surface area contributed by atoms with Gasteiger partial charge < -0.3 is 30.6 Å². The summed E-state index contributed by atoms with van der Waals surface area (Å²) < 4.78 is 0. The molecular formula is C27H44O7. The van der Waals surface area contributed by atoms with E-state index in [1.807, 2.05) is 13.8 Å². The molecule has 4 aliphatic carbocycles. The van der Waals surface area contributed by atoms with Crippen molar-refractivity contribution in [2.24, 2.45) is 28.6 Å². The van der Waals surface area contributed by atoms with E-state index in [1.165, 1.54) is 0 Å². The number of hydrogen-bond acceptors (Lipinski definition) is 7. The van der Waals surface area contributed by atoms with Gasteiger partial charge in [0.05, 0.1) is 35.6 Å². The number of ketones is 1. The maximum atomic E-state index is 13.3. The fraction of sp³-hybridized carbons (Fsp3) is 0.889. The Morgan fingerprint density at radius 2 is 1.71 bits per heavy atom. The molecule has 0 aromatic heterocycles. The number of aliphatic hydroxyl groups excluding tert-OH is 3. The number of carbonyl (C=O) groups is 1. The van der Waals surface area contributed by atoms with Gasteiger partial charge in [0.15, 0.2) is 5.78 Å². The first-order valence-corrected chi connectivity index (χ1v) is 13.0. The fourth-order valence-electron chi connectivity index (χ4n) is 8.42. The molecule has 0 bridgehead atoms. The van der Waals surface area contributed by atoms with Crippen molar-refractivity contribution in [2.75, 3.05) is 6.61 Å². The van der Waals surface area contributed by atoms with Gasteiger partial charge >= 0.3 is 0 Å². The third kappa shape index (κ3) is 3.82. The maximum Gasteiger partial charge on any atom is 0.159 e. The van der Waals surface area contributed by atoms with Crippen molar-refractivity contribution in [1.82, 2.24) is 0 Å². The van der Waals surface area contributed by atoms with Crippen LogP contribution in [0.5, 0.6) is 0 Å². The third-order valence-electron chi connectivity index (χ3n) is 10.4. The lowest BCUT2D eigenvalue weighted by molar-refractivity contribution is -0.168. The maximum absolute atomic E-state index is 13.3. The minimum atomic E-state index is -1.38. The summed E-state index contributed by atoms with van der Waals surface area (Å²) in [5.41, 5.74) is -4.04. The van der Waals surface area contributed by atoms with Crippen LogP contribution in [0.1, 0.15) is 85.5 Å². The highest BCUT2D eigenvalue weighted by molar-refractivity contribution is 5.95. The molecule has 6 N–H and O–H groups in total. The molecule has 3 saturated carbocycles. The average molecular weight is 481 g/mol. The Morgan fingerprint density at radius 3 is 2.32 bits per heavy atom. The van der Waals surface area contributed by atoms with E-state index in [2.05, 4.69) is 0 Å². The molecular weight excluding hydrogens is 436 g/mol. The van der Waals surface area contributed by atoms with E-state index in [0.717, 1.165) is 6.42 Å². The van der Waals surface area contributed by atoms with Gasteiger partial charge in [-0.15, -0.1) is 0 Å². The second-order valence-electron chi connectivity index (χ2n) is 13.0. The second-order valence-corrected chi connectivity index (χ2v) is 13.0. The Morgan fingerprint density at radius 1 is 1.03 bits per heavy atom. The summed E-state index contributed by atoms with van der Waals surface area (Å²) in [4.78, 5) is 13.3. The minimum absolute atomic E-state index is 0.0772. The summed E-state index contributed by atoms with van der Waals surface area (Å²) in [5, 5.41) is 64.9. The van der Waals surface area contributed by atoms with Gasteiger partial charge in [0, 0.05) is 11.3 Å². The van der Waals surface area contributed by atoms with E-state index >= 15 is 0 Å². The predicted octanol–water partition coefficient (Wildman–Crippen LogP) is 1.86. The predicted molar refractivity (Wildman–Crippen MR) is 127 cm³/mol. The molecule has 7 nitrogen and oxygen atoms in total. The molecule has 4 rings (SSSR count). The lowest BCUT2D eigenvalue weighted by Crippen LogP contribution is -2.62. The summed E-state index contributed by atoms with van der Waals surface area (Å²) in [6, 6.07) is 0. The van der Waals surface area contributed by atoms with Crippen LogP contribution in [0.2, 0.25) is 0 Å². The topological polar surface area (TPSA) is 138 Å². The third-order valence-corrected chi connectivity index (χ3v) is 10.4. The molecule has 0 unspecified atom stereocenters. The van der Waals surface area contributed by atoms with Gasteiger partial charge in [-0.05, 0) is 101 Å². The van der Waals surface area contributed by atoms with Crippen LogP contribution >= 0.6 is 0 Å². The van der Waals surface area contributed by atoms with E-state index in [4.69, 9.17) is 0 Å². The normalized spacial score (nSPS) is 46.2. The zero-order valence-electron chi connectivity index (χ0n) is 21.1. The van der Waals surface area contributed by atoms with E-state index in [-0.39, 0.29) is 30.0 Å². The Kier molecular flexibility index (Phi) is 6.45. The summed E-state index contributed by atoms with van der Waals surface area (Å²) >= 11 is 0. The van der Waals surface area contributed by atoms with Crippen molar-refractivity contribution in [1.29, 1.82) is 0 Å². The van der Waals surface area contributed by atoms with Crippen molar-refractivity contribution in [3.63, 3.8) is 0 Å². The molecule has 4 aliphatic rings. The largest absolute Gasteiger partial charge is 0.393 e. The highest BCUT2D eigenvalue weighted by atomic mass is 16.3. The van der Waals surface area contributed by atoms with Crippen molar-refractivity contribution >= 4 is 5.78 Å². The van der Waals surface area contributed by atoms with Gasteiger partial charge in [-0.25, -0.2) is 0 Å². The highest BCUT2D eigenvalue weighted by Crippen LogP contribution is 2.68. The van der Waals surface area contributed by atoms with Crippen LogP contribution in [0.4, 0.5) is 0 Å². The van der Waals surface area contributed by atoms with E-state index in [1.54, 1.807) is 19.9 Å². The number of rotatable bonds is 6. The van der Waals surface area contributed by atoms with E-state index < -0.39 is 46.4 Å². The number of aliphatic hydroxyl groups is 6. The Bertz CT molecular complexity index is 848. The van der Waals surface area contributed by atoms with Gasteiger partial charge in [0.1, 0.15) is 0 Å². The van der Waals surface area contributed by atoms with E-state index in [9.17, 15) is 35.4 Å². The van der Waals surface area contributed by atoms with Gasteiger partial charge in [-0.3, -0.25) is 4.79 Å². The second kappa shape index (κ2) is 8.35. The zero-order valence-corrected chi connectivity index (χ0v) is 21.1. The molecule has 7 heteroatoms. The number of carbonyl (C=O) groups excluding carboxylic acids is 1. The fourth-order valence-corrected chi connectivity index (χ4v) is 8.42. The van der Waals surface area contributed by atoms with Gasteiger partial charge in [-0.2, -0.15) is 0 Å². The summed E-state index contributed by atoms with van der Waals surface area (Å²) in [6.07, 6.45) is 4.04. The number of allylic oxidation sites excluding steroid dienone is 1. The lowest BCUT2D eigenvalue weighted by atomic mass is 9.45. The van der Waals surface area contributed by atoms with Crippen molar-refractivity contribution < 1.29 is 35.4 Å². The molecule has 0 spiro atoms. The van der Waals surface area contributed by atoms with E-state index in [0.29, 0.717) is 50.5 Å². The molecule has 0 saturated heterocycles. The molecule has 0 aromatic carbocycles. The SMILES string of the molecule is CC(C)(O)CCC[C@@](O)(CO)[C@H]1CC[C@@]2(O)C3=CC(=O)[C@@H]4C[C@@H](O)[C@@H](O)C[C@]4(C)[C@H]3CC[C@]12C. The minimum Gasteiger partial charge on any atom is -0.393 e. The molecule has 0 radical (unpaired) electrons. The Labute approximate surface area is 202 Å². The first kappa shape index (κ1) is 26.2. The lowest BCUT2D eigenvalue weighted by Gasteiger charge is -2.60. The van der Waals surface area contributed by atoms with Gasteiger partial charge in [0.25, 0.3) is 0 Å². The van der Waals surface area contributed by atoms with Crippen LogP contribution in [0, 0.1) is 28.6 Å². The van der Waals surface area contributed by atoms with Crippen LogP contribution in [0.3, 0.4) is 0 Å². The Hall–Kier alpha value is -0.830. The smallest absolute Gasteiger partial charge is 0.159 e. The van der Waals surface area contributed by atoms with Crippen molar-refractivity contribution in [2.45, 2.75) is 114 Å². The summed E-state index contributed by atoms with van der Waals surface area (Å²) in [6.45, 7) is 7.03. The first-order chi connectivity index (χ1) is 15.6. The molecule has 0 aliphatic heterocycles.